The van der Waals surface area contributed by atoms with E-state index in [1.54, 1.807) is 0 Å². The Morgan fingerprint density at radius 3 is 1.39 bits per heavy atom. The summed E-state index contributed by atoms with van der Waals surface area (Å²) >= 11 is 0. The molecule has 0 bridgehead atoms. The summed E-state index contributed by atoms with van der Waals surface area (Å²) in [6.45, 7) is 2.56. The highest BCUT2D eigenvalue weighted by Gasteiger charge is 2.28. The second-order valence-corrected chi connectivity index (χ2v) is 17.7. The molecule has 11 nitrogen and oxygen atoms in total. The molecule has 0 saturated carbocycles. The fourth-order valence-electron chi connectivity index (χ4n) is 6.55. The first-order valence-electron chi connectivity index (χ1n) is 24.2. The molecule has 0 aromatic rings. The van der Waals surface area contributed by atoms with E-state index in [2.05, 4.69) is 67.8 Å². The van der Waals surface area contributed by atoms with Crippen molar-refractivity contribution in [1.82, 2.24) is 5.32 Å². The Morgan fingerprint density at radius 1 is 0.525 bits per heavy atom. The van der Waals surface area contributed by atoms with Gasteiger partial charge in [-0.1, -0.05) is 172 Å². The van der Waals surface area contributed by atoms with Crippen LogP contribution in [0.2, 0.25) is 0 Å². The van der Waals surface area contributed by atoms with Crippen molar-refractivity contribution in [1.29, 1.82) is 0 Å². The van der Waals surface area contributed by atoms with E-state index < -0.39 is 57.6 Å². The minimum Gasteiger partial charge on any atom is -0.480 e. The number of nitrogens with one attached hydrogen (secondary N) is 1. The Kier molecular flexibility index (Phi) is 42.2. The standard InChI is InChI=1S/C49H88NO10P/c1-3-5-7-9-11-13-15-17-19-21-23-25-27-29-31-33-35-37-39-41-48(53)58-42-45(51)43-59-61(56,57)60-44-46(49(54)55)50-47(52)40-38-36-34-32-30-28-26-24-22-20-18-16-14-12-10-8-6-4-2/h11,13,17,19-20,22-23,25,45-46,51H,3-10,12,14-16,18,21,24,26-44H2,1-2H3,(H,50,52)(H,54,55)(H,56,57)/b13-11-,19-17-,22-20-,25-23-. The lowest BCUT2D eigenvalue weighted by Crippen LogP contribution is -2.43. The van der Waals surface area contributed by atoms with E-state index in [1.807, 2.05) is 0 Å². The Morgan fingerprint density at radius 2 is 0.902 bits per heavy atom. The summed E-state index contributed by atoms with van der Waals surface area (Å²) < 4.78 is 26.9. The molecular weight excluding hydrogens is 794 g/mol. The number of amides is 1. The first kappa shape index (κ1) is 58.4. The van der Waals surface area contributed by atoms with Gasteiger partial charge in [-0.15, -0.1) is 0 Å². The Balaban J connectivity index is 3.89. The number of carbonyl (C=O) groups excluding carboxylic acids is 2. The molecule has 0 aliphatic carbocycles. The largest absolute Gasteiger partial charge is 0.480 e. The molecule has 0 aliphatic rings. The van der Waals surface area contributed by atoms with E-state index >= 15 is 0 Å². The first-order valence-corrected chi connectivity index (χ1v) is 25.7. The molecule has 0 aromatic carbocycles. The third-order valence-corrected chi connectivity index (χ3v) is 11.3. The molecule has 0 aliphatic heterocycles. The number of aliphatic carboxylic acids is 1. The van der Waals surface area contributed by atoms with Gasteiger partial charge in [0, 0.05) is 12.8 Å². The summed E-state index contributed by atoms with van der Waals surface area (Å²) in [5.74, 6) is -2.39. The van der Waals surface area contributed by atoms with Crippen LogP contribution < -0.4 is 5.32 Å². The maximum Gasteiger partial charge on any atom is 0.472 e. The zero-order valence-corrected chi connectivity index (χ0v) is 39.4. The minimum absolute atomic E-state index is 0.139. The van der Waals surface area contributed by atoms with Gasteiger partial charge in [0.2, 0.25) is 5.91 Å². The molecule has 0 aromatic heterocycles. The van der Waals surface area contributed by atoms with Gasteiger partial charge >= 0.3 is 19.8 Å². The summed E-state index contributed by atoms with van der Waals surface area (Å²) in [6.07, 6.45) is 49.8. The van der Waals surface area contributed by atoms with Crippen LogP contribution in [0.1, 0.15) is 213 Å². The quantitative estimate of drug-likeness (QED) is 0.0200. The molecule has 0 spiro atoms. The number of phosphoric ester groups is 1. The van der Waals surface area contributed by atoms with Crippen LogP contribution in [0.4, 0.5) is 0 Å². The van der Waals surface area contributed by atoms with E-state index in [1.165, 1.54) is 89.9 Å². The number of esters is 1. The maximum atomic E-state index is 12.3. The number of carbonyl (C=O) groups is 3. The topological polar surface area (TPSA) is 169 Å². The van der Waals surface area contributed by atoms with Crippen LogP contribution in [-0.2, 0) is 32.7 Å². The highest BCUT2D eigenvalue weighted by Crippen LogP contribution is 2.43. The van der Waals surface area contributed by atoms with Crippen molar-refractivity contribution in [2.24, 2.45) is 0 Å². The van der Waals surface area contributed by atoms with Crippen LogP contribution in [0.3, 0.4) is 0 Å². The van der Waals surface area contributed by atoms with Crippen LogP contribution in [-0.4, -0.2) is 64.9 Å². The third-order valence-electron chi connectivity index (χ3n) is 10.3. The lowest BCUT2D eigenvalue weighted by Gasteiger charge is -2.18. The average Bonchev–Trinajstić information content (AvgIpc) is 3.24. The van der Waals surface area contributed by atoms with Crippen molar-refractivity contribution in [2.75, 3.05) is 19.8 Å². The molecule has 61 heavy (non-hydrogen) atoms. The van der Waals surface area contributed by atoms with Crippen LogP contribution in [0.25, 0.3) is 0 Å². The summed E-state index contributed by atoms with van der Waals surface area (Å²) in [6, 6.07) is -1.55. The Bertz CT molecular complexity index is 1220. The number of unbranched alkanes of at least 4 members (excludes halogenated alkanes) is 23. The number of phosphoric acid groups is 1. The molecule has 12 heteroatoms. The SMILES string of the molecule is CCCCC/C=C\C/C=C\C/C=C\CCCCCCCCC(=O)OCC(O)COP(=O)(O)OCC(NC(=O)CCCCCCCCC/C=C\CCCCCCCCC)C(=O)O. The van der Waals surface area contributed by atoms with E-state index in [-0.39, 0.29) is 12.8 Å². The number of hydrogen-bond donors (Lipinski definition) is 4. The van der Waals surface area contributed by atoms with E-state index in [0.717, 1.165) is 83.5 Å². The number of carboxylic acids is 1. The molecule has 354 valence electrons. The van der Waals surface area contributed by atoms with Gasteiger partial charge in [0.1, 0.15) is 12.7 Å². The van der Waals surface area contributed by atoms with Crippen LogP contribution in [0.5, 0.6) is 0 Å². The molecule has 0 radical (unpaired) electrons. The molecule has 1 amide bonds. The number of ether oxygens (including phenoxy) is 1. The van der Waals surface area contributed by atoms with Crippen LogP contribution in [0.15, 0.2) is 48.6 Å². The fraction of sp³-hybridized carbons (Fsp3) is 0.776. The van der Waals surface area contributed by atoms with Gasteiger partial charge in [0.05, 0.1) is 13.2 Å². The predicted molar refractivity (Wildman–Crippen MR) is 249 cm³/mol. The van der Waals surface area contributed by atoms with E-state index in [0.29, 0.717) is 12.8 Å². The van der Waals surface area contributed by atoms with Crippen LogP contribution >= 0.6 is 7.82 Å². The normalized spacial score (nSPS) is 14.0. The van der Waals surface area contributed by atoms with Crippen molar-refractivity contribution < 1.29 is 47.8 Å². The summed E-state index contributed by atoms with van der Waals surface area (Å²) in [5, 5.41) is 21.9. The molecule has 0 rings (SSSR count). The maximum absolute atomic E-state index is 12.3. The molecule has 4 N–H and O–H groups in total. The van der Waals surface area contributed by atoms with Gasteiger partial charge in [0.15, 0.2) is 6.04 Å². The fourth-order valence-corrected chi connectivity index (χ4v) is 7.32. The molecule has 0 saturated heterocycles. The molecule has 3 atom stereocenters. The summed E-state index contributed by atoms with van der Waals surface area (Å²) in [4.78, 5) is 46.0. The molecular formula is C49H88NO10P. The van der Waals surface area contributed by atoms with Crippen molar-refractivity contribution in [3.63, 3.8) is 0 Å². The summed E-state index contributed by atoms with van der Waals surface area (Å²) in [5.41, 5.74) is 0. The van der Waals surface area contributed by atoms with Gasteiger partial charge in [-0.05, 0) is 77.0 Å². The van der Waals surface area contributed by atoms with Gasteiger partial charge in [-0.2, -0.15) is 0 Å². The second-order valence-electron chi connectivity index (χ2n) is 16.3. The number of allylic oxidation sites excluding steroid dienone is 8. The number of aliphatic hydroxyl groups is 1. The highest BCUT2D eigenvalue weighted by molar-refractivity contribution is 7.47. The van der Waals surface area contributed by atoms with Gasteiger partial charge in [-0.25, -0.2) is 9.36 Å². The number of rotatable bonds is 45. The van der Waals surface area contributed by atoms with Crippen molar-refractivity contribution in [2.45, 2.75) is 225 Å². The van der Waals surface area contributed by atoms with Crippen molar-refractivity contribution >= 4 is 25.7 Å². The van der Waals surface area contributed by atoms with Gasteiger partial charge < -0.3 is 25.2 Å². The highest BCUT2D eigenvalue weighted by atomic mass is 31.2. The molecule has 3 unspecified atom stereocenters. The lowest BCUT2D eigenvalue weighted by molar-refractivity contribution is -0.147. The number of hydrogen-bond acceptors (Lipinski definition) is 8. The smallest absolute Gasteiger partial charge is 0.472 e. The molecule has 0 heterocycles. The average molecular weight is 882 g/mol. The monoisotopic (exact) mass is 882 g/mol. The summed E-state index contributed by atoms with van der Waals surface area (Å²) in [7, 11) is -4.76. The Hall–Kier alpha value is -2.56. The third kappa shape index (κ3) is 43.9. The van der Waals surface area contributed by atoms with Crippen LogP contribution in [0, 0.1) is 0 Å². The Labute approximate surface area is 371 Å². The zero-order valence-electron chi connectivity index (χ0n) is 38.5. The number of carboxylic acid groups (broad SMARTS) is 1. The zero-order chi connectivity index (χ0) is 44.9. The second kappa shape index (κ2) is 44.1. The van der Waals surface area contributed by atoms with E-state index in [9.17, 15) is 34.1 Å². The minimum atomic E-state index is -4.76. The van der Waals surface area contributed by atoms with E-state index in [4.69, 9.17) is 13.8 Å². The van der Waals surface area contributed by atoms with Gasteiger partial charge in [0.25, 0.3) is 0 Å². The predicted octanol–water partition coefficient (Wildman–Crippen LogP) is 13.0. The molecule has 0 fully saturated rings. The van der Waals surface area contributed by atoms with Crippen molar-refractivity contribution in [3.05, 3.63) is 48.6 Å². The van der Waals surface area contributed by atoms with Crippen molar-refractivity contribution in [3.8, 4) is 0 Å². The lowest BCUT2D eigenvalue weighted by atomic mass is 10.1. The number of aliphatic hydroxyl groups excluding tert-OH is 1. The van der Waals surface area contributed by atoms with Gasteiger partial charge in [-0.3, -0.25) is 18.6 Å². The first-order chi connectivity index (χ1) is 29.6.